The highest BCUT2D eigenvalue weighted by Gasteiger charge is 2.23. The molecule has 0 aromatic rings. The molecule has 2 rings (SSSR count). The fourth-order valence-corrected chi connectivity index (χ4v) is 2.68. The number of nitrogens with one attached hydrogen (secondary N) is 2. The second kappa shape index (κ2) is 3.76. The van der Waals surface area contributed by atoms with Crippen molar-refractivity contribution in [2.75, 3.05) is 38.5 Å². The van der Waals surface area contributed by atoms with Crippen molar-refractivity contribution in [3.05, 3.63) is 0 Å². The van der Waals surface area contributed by atoms with E-state index in [0.29, 0.717) is 5.50 Å². The number of nitrogens with zero attached hydrogens (tertiary/aromatic N) is 1. The van der Waals surface area contributed by atoms with Gasteiger partial charge in [-0.25, -0.2) is 0 Å². The van der Waals surface area contributed by atoms with E-state index in [-0.39, 0.29) is 0 Å². The molecule has 0 aliphatic carbocycles. The van der Waals surface area contributed by atoms with Crippen LogP contribution in [0.25, 0.3) is 0 Å². The lowest BCUT2D eigenvalue weighted by Gasteiger charge is -2.31. The van der Waals surface area contributed by atoms with Crippen LogP contribution in [0.3, 0.4) is 0 Å². The predicted octanol–water partition coefficient (Wildman–Crippen LogP) is -0.488. The summed E-state index contributed by atoms with van der Waals surface area (Å²) in [5, 5.41) is 6.85. The Morgan fingerprint density at radius 2 is 2.00 bits per heavy atom. The molecule has 2 fully saturated rings. The van der Waals surface area contributed by atoms with E-state index in [2.05, 4.69) is 15.5 Å². The Hall–Kier alpha value is 0.230. The SMILES string of the molecule is C1CN(C2NCCS2)CCN1. The van der Waals surface area contributed by atoms with Crippen molar-refractivity contribution in [3.63, 3.8) is 0 Å². The third-order valence-electron chi connectivity index (χ3n) is 2.18. The summed E-state index contributed by atoms with van der Waals surface area (Å²) in [6.07, 6.45) is 0. The molecule has 0 aromatic carbocycles. The molecule has 3 nitrogen and oxygen atoms in total. The first-order valence-electron chi connectivity index (χ1n) is 4.26. The first-order valence-corrected chi connectivity index (χ1v) is 5.31. The van der Waals surface area contributed by atoms with Gasteiger partial charge in [-0.05, 0) is 0 Å². The zero-order valence-electron chi connectivity index (χ0n) is 6.68. The second-order valence-corrected chi connectivity index (χ2v) is 4.15. The average Bonchev–Trinajstić information content (AvgIpc) is 2.58. The second-order valence-electron chi connectivity index (χ2n) is 2.96. The molecule has 0 bridgehead atoms. The Labute approximate surface area is 71.9 Å². The molecule has 4 heteroatoms. The lowest BCUT2D eigenvalue weighted by Crippen LogP contribution is -2.50. The lowest BCUT2D eigenvalue weighted by molar-refractivity contribution is 0.209. The first kappa shape index (κ1) is 7.86. The van der Waals surface area contributed by atoms with Crippen LogP contribution in [-0.4, -0.2) is 48.9 Å². The summed E-state index contributed by atoms with van der Waals surface area (Å²) >= 11 is 2.04. The minimum Gasteiger partial charge on any atom is -0.314 e. The van der Waals surface area contributed by atoms with E-state index in [9.17, 15) is 0 Å². The number of rotatable bonds is 1. The quantitative estimate of drug-likeness (QED) is 0.560. The number of piperazine rings is 1. The van der Waals surface area contributed by atoms with Gasteiger partial charge in [0.15, 0.2) is 0 Å². The summed E-state index contributed by atoms with van der Waals surface area (Å²) in [5.41, 5.74) is 0.608. The van der Waals surface area contributed by atoms with Crippen molar-refractivity contribution in [1.82, 2.24) is 15.5 Å². The van der Waals surface area contributed by atoms with Crippen molar-refractivity contribution < 1.29 is 0 Å². The van der Waals surface area contributed by atoms with Gasteiger partial charge >= 0.3 is 0 Å². The van der Waals surface area contributed by atoms with E-state index in [0.717, 1.165) is 13.1 Å². The van der Waals surface area contributed by atoms with E-state index in [1.54, 1.807) is 0 Å². The van der Waals surface area contributed by atoms with Gasteiger partial charge < -0.3 is 5.32 Å². The van der Waals surface area contributed by atoms with Crippen molar-refractivity contribution in [3.8, 4) is 0 Å². The summed E-state index contributed by atoms with van der Waals surface area (Å²) in [5.74, 6) is 1.27. The minimum absolute atomic E-state index is 0.608. The Bertz CT molecular complexity index is 119. The lowest BCUT2D eigenvalue weighted by atomic mass is 10.4. The van der Waals surface area contributed by atoms with Crippen LogP contribution in [0, 0.1) is 0 Å². The normalized spacial score (nSPS) is 34.4. The molecule has 0 spiro atoms. The average molecular weight is 173 g/mol. The van der Waals surface area contributed by atoms with E-state index in [1.807, 2.05) is 11.8 Å². The molecule has 2 N–H and O–H groups in total. The predicted molar refractivity (Wildman–Crippen MR) is 48.7 cm³/mol. The van der Waals surface area contributed by atoms with Crippen LogP contribution in [0.15, 0.2) is 0 Å². The molecular formula is C7H15N3S. The Balaban J connectivity index is 1.82. The van der Waals surface area contributed by atoms with Crippen LogP contribution >= 0.6 is 11.8 Å². The molecule has 64 valence electrons. The summed E-state index contributed by atoms with van der Waals surface area (Å²) in [6, 6.07) is 0. The summed E-state index contributed by atoms with van der Waals surface area (Å²) in [6.45, 7) is 5.88. The van der Waals surface area contributed by atoms with Gasteiger partial charge in [0.1, 0.15) is 5.50 Å². The highest BCUT2D eigenvalue weighted by atomic mass is 32.2. The molecule has 1 atom stereocenters. The van der Waals surface area contributed by atoms with Crippen LogP contribution < -0.4 is 10.6 Å². The molecule has 11 heavy (non-hydrogen) atoms. The molecule has 0 aromatic heterocycles. The van der Waals surface area contributed by atoms with Crippen LogP contribution in [0.5, 0.6) is 0 Å². The van der Waals surface area contributed by atoms with E-state index >= 15 is 0 Å². The summed E-state index contributed by atoms with van der Waals surface area (Å²) in [4.78, 5) is 2.52. The van der Waals surface area contributed by atoms with Gasteiger partial charge in [-0.15, -0.1) is 11.8 Å². The molecule has 2 heterocycles. The maximum absolute atomic E-state index is 3.49. The fraction of sp³-hybridized carbons (Fsp3) is 1.00. The molecule has 2 aliphatic heterocycles. The highest BCUT2D eigenvalue weighted by Crippen LogP contribution is 2.17. The van der Waals surface area contributed by atoms with Crippen molar-refractivity contribution in [2.45, 2.75) is 5.50 Å². The molecule has 2 aliphatic rings. The minimum atomic E-state index is 0.608. The smallest absolute Gasteiger partial charge is 0.108 e. The van der Waals surface area contributed by atoms with E-state index in [4.69, 9.17) is 0 Å². The monoisotopic (exact) mass is 173 g/mol. The Morgan fingerprint density at radius 1 is 1.18 bits per heavy atom. The van der Waals surface area contributed by atoms with Crippen LogP contribution in [-0.2, 0) is 0 Å². The maximum Gasteiger partial charge on any atom is 0.108 e. The van der Waals surface area contributed by atoms with E-state index < -0.39 is 0 Å². The third-order valence-corrected chi connectivity index (χ3v) is 3.40. The topological polar surface area (TPSA) is 27.3 Å². The van der Waals surface area contributed by atoms with Crippen molar-refractivity contribution >= 4 is 11.8 Å². The van der Waals surface area contributed by atoms with Crippen molar-refractivity contribution in [2.24, 2.45) is 0 Å². The zero-order valence-corrected chi connectivity index (χ0v) is 7.49. The highest BCUT2D eigenvalue weighted by molar-refractivity contribution is 8.00. The third kappa shape index (κ3) is 1.87. The van der Waals surface area contributed by atoms with Crippen LogP contribution in [0.4, 0.5) is 0 Å². The molecule has 0 amide bonds. The van der Waals surface area contributed by atoms with E-state index in [1.165, 1.54) is 25.4 Å². The maximum atomic E-state index is 3.49. The first-order chi connectivity index (χ1) is 5.47. The van der Waals surface area contributed by atoms with Gasteiger partial charge in [-0.1, -0.05) is 0 Å². The molecule has 2 saturated heterocycles. The van der Waals surface area contributed by atoms with Gasteiger partial charge in [0.2, 0.25) is 0 Å². The van der Waals surface area contributed by atoms with Gasteiger partial charge in [0, 0.05) is 38.5 Å². The summed E-state index contributed by atoms with van der Waals surface area (Å²) in [7, 11) is 0. The van der Waals surface area contributed by atoms with Gasteiger partial charge in [-0.3, -0.25) is 10.2 Å². The zero-order chi connectivity index (χ0) is 7.52. The Morgan fingerprint density at radius 3 is 2.64 bits per heavy atom. The van der Waals surface area contributed by atoms with Crippen LogP contribution in [0.1, 0.15) is 0 Å². The fourth-order valence-electron chi connectivity index (χ4n) is 1.56. The van der Waals surface area contributed by atoms with Gasteiger partial charge in [0.25, 0.3) is 0 Å². The molecule has 1 unspecified atom stereocenters. The molecule has 0 saturated carbocycles. The van der Waals surface area contributed by atoms with Gasteiger partial charge in [-0.2, -0.15) is 0 Å². The molecule has 0 radical (unpaired) electrons. The summed E-state index contributed by atoms with van der Waals surface area (Å²) < 4.78 is 0. The number of hydrogen-bond acceptors (Lipinski definition) is 4. The Kier molecular flexibility index (Phi) is 2.68. The van der Waals surface area contributed by atoms with Crippen molar-refractivity contribution in [1.29, 1.82) is 0 Å². The largest absolute Gasteiger partial charge is 0.314 e. The van der Waals surface area contributed by atoms with Gasteiger partial charge in [0.05, 0.1) is 0 Å². The number of hydrogen-bond donors (Lipinski definition) is 2. The number of thioether (sulfide) groups is 1. The van der Waals surface area contributed by atoms with Crippen LogP contribution in [0.2, 0.25) is 0 Å². The molecular weight excluding hydrogens is 158 g/mol. The standard InChI is InChI=1S/C7H15N3S/c1-4-10(5-2-8-1)7-9-3-6-11-7/h7-9H,1-6H2.